The standard InChI is InChI=1S/C17H19NO.C4H9N/c1-12-5-13(2)8-16(7-12)18(11-19)17-9-14(3)6-15(4)10-17;1-2-4-5-3-1/h5-11H,1-4H3;5H,1-4H2. The van der Waals surface area contributed by atoms with Crippen LogP contribution in [0.25, 0.3) is 0 Å². The average molecular weight is 324 g/mol. The highest BCUT2D eigenvalue weighted by atomic mass is 16.1. The van der Waals surface area contributed by atoms with Gasteiger partial charge in [-0.2, -0.15) is 0 Å². The van der Waals surface area contributed by atoms with Crippen LogP contribution in [0.2, 0.25) is 0 Å². The predicted molar refractivity (Wildman–Crippen MR) is 102 cm³/mol. The third-order valence-electron chi connectivity index (χ3n) is 4.03. The zero-order chi connectivity index (χ0) is 17.5. The second kappa shape index (κ2) is 8.65. The molecule has 1 aliphatic rings. The monoisotopic (exact) mass is 324 g/mol. The van der Waals surface area contributed by atoms with E-state index in [0.717, 1.165) is 40.0 Å². The van der Waals surface area contributed by atoms with Crippen LogP contribution >= 0.6 is 0 Å². The first-order chi connectivity index (χ1) is 11.5. The van der Waals surface area contributed by atoms with E-state index in [4.69, 9.17) is 0 Å². The molecule has 1 N–H and O–H groups in total. The van der Waals surface area contributed by atoms with Crippen LogP contribution < -0.4 is 10.2 Å². The molecule has 24 heavy (non-hydrogen) atoms. The molecule has 0 aliphatic carbocycles. The molecule has 0 spiro atoms. The number of anilines is 2. The molecule has 1 saturated heterocycles. The summed E-state index contributed by atoms with van der Waals surface area (Å²) in [6, 6.07) is 12.3. The van der Waals surface area contributed by atoms with Gasteiger partial charge in [-0.25, -0.2) is 0 Å². The van der Waals surface area contributed by atoms with E-state index in [9.17, 15) is 4.79 Å². The summed E-state index contributed by atoms with van der Waals surface area (Å²) in [5.41, 5.74) is 6.46. The summed E-state index contributed by atoms with van der Waals surface area (Å²) in [6.45, 7) is 10.7. The highest BCUT2D eigenvalue weighted by Gasteiger charge is 2.10. The Kier molecular flexibility index (Phi) is 6.56. The number of hydrogen-bond donors (Lipinski definition) is 1. The van der Waals surface area contributed by atoms with Crippen molar-refractivity contribution in [3.8, 4) is 0 Å². The summed E-state index contributed by atoms with van der Waals surface area (Å²) >= 11 is 0. The third-order valence-corrected chi connectivity index (χ3v) is 4.03. The van der Waals surface area contributed by atoms with Crippen molar-refractivity contribution in [2.45, 2.75) is 40.5 Å². The fourth-order valence-electron chi connectivity index (χ4n) is 3.08. The third kappa shape index (κ3) is 5.20. The maximum atomic E-state index is 11.5. The molecule has 1 amide bonds. The molecule has 3 nitrogen and oxygen atoms in total. The first-order valence-corrected chi connectivity index (χ1v) is 8.61. The predicted octanol–water partition coefficient (Wildman–Crippen LogP) is 4.58. The summed E-state index contributed by atoms with van der Waals surface area (Å²) in [6.07, 6.45) is 3.66. The number of aryl methyl sites for hydroxylation is 4. The van der Waals surface area contributed by atoms with Gasteiger partial charge in [-0.15, -0.1) is 0 Å². The number of benzene rings is 2. The minimum absolute atomic E-state index is 0.877. The topological polar surface area (TPSA) is 32.3 Å². The fraction of sp³-hybridized carbons (Fsp3) is 0.381. The van der Waals surface area contributed by atoms with Gasteiger partial charge in [0.05, 0.1) is 0 Å². The molecule has 0 saturated carbocycles. The highest BCUT2D eigenvalue weighted by Crippen LogP contribution is 2.27. The molecule has 0 aromatic heterocycles. The Bertz CT molecular complexity index is 591. The number of rotatable bonds is 3. The lowest BCUT2D eigenvalue weighted by atomic mass is 10.1. The number of nitrogens with one attached hydrogen (secondary N) is 1. The zero-order valence-electron chi connectivity index (χ0n) is 15.2. The van der Waals surface area contributed by atoms with Crippen molar-refractivity contribution in [2.24, 2.45) is 0 Å². The van der Waals surface area contributed by atoms with Gasteiger partial charge in [0.25, 0.3) is 0 Å². The smallest absolute Gasteiger partial charge is 0.218 e. The highest BCUT2D eigenvalue weighted by molar-refractivity contribution is 5.87. The van der Waals surface area contributed by atoms with Crippen molar-refractivity contribution >= 4 is 17.8 Å². The Labute approximate surface area is 145 Å². The Morgan fingerprint density at radius 1 is 0.750 bits per heavy atom. The van der Waals surface area contributed by atoms with Crippen LogP contribution in [0.4, 0.5) is 11.4 Å². The molecule has 2 aromatic rings. The second-order valence-corrected chi connectivity index (χ2v) is 6.62. The van der Waals surface area contributed by atoms with Crippen LogP contribution in [-0.4, -0.2) is 19.5 Å². The normalized spacial score (nSPS) is 13.2. The Morgan fingerprint density at radius 3 is 1.38 bits per heavy atom. The van der Waals surface area contributed by atoms with Gasteiger partial charge in [-0.05, 0) is 100 Å². The SMILES string of the molecule is C1CCNC1.Cc1cc(C)cc(N(C=O)c2cc(C)cc(C)c2)c1. The summed E-state index contributed by atoms with van der Waals surface area (Å²) in [5.74, 6) is 0. The molecular formula is C21H28N2O. The van der Waals surface area contributed by atoms with Gasteiger partial charge in [0.1, 0.15) is 0 Å². The summed E-state index contributed by atoms with van der Waals surface area (Å²) in [7, 11) is 0. The molecule has 2 aromatic carbocycles. The van der Waals surface area contributed by atoms with Crippen molar-refractivity contribution < 1.29 is 4.79 Å². The largest absolute Gasteiger partial charge is 0.317 e. The van der Waals surface area contributed by atoms with E-state index in [2.05, 4.69) is 17.4 Å². The van der Waals surface area contributed by atoms with E-state index in [-0.39, 0.29) is 0 Å². The molecule has 0 bridgehead atoms. The maximum Gasteiger partial charge on any atom is 0.218 e. The van der Waals surface area contributed by atoms with E-state index < -0.39 is 0 Å². The van der Waals surface area contributed by atoms with E-state index in [1.807, 2.05) is 52.0 Å². The van der Waals surface area contributed by atoms with Gasteiger partial charge in [0.2, 0.25) is 6.41 Å². The van der Waals surface area contributed by atoms with Gasteiger partial charge >= 0.3 is 0 Å². The molecule has 1 fully saturated rings. The van der Waals surface area contributed by atoms with Crippen molar-refractivity contribution in [1.29, 1.82) is 0 Å². The number of carbonyl (C=O) groups excluding carboxylic acids is 1. The Hall–Kier alpha value is -2.13. The quantitative estimate of drug-likeness (QED) is 0.838. The molecule has 3 rings (SSSR count). The minimum atomic E-state index is 0.877. The first kappa shape index (κ1) is 18.2. The number of nitrogens with zero attached hydrogens (tertiary/aromatic N) is 1. The number of amides is 1. The summed E-state index contributed by atoms with van der Waals surface area (Å²) in [4.78, 5) is 13.2. The molecular weight excluding hydrogens is 296 g/mol. The van der Waals surface area contributed by atoms with Crippen LogP contribution in [0.3, 0.4) is 0 Å². The van der Waals surface area contributed by atoms with E-state index in [1.165, 1.54) is 25.9 Å². The van der Waals surface area contributed by atoms with Crippen LogP contribution in [0.15, 0.2) is 36.4 Å². The average Bonchev–Trinajstić information content (AvgIpc) is 3.05. The Balaban J connectivity index is 0.000000355. The molecule has 3 heteroatoms. The number of hydrogen-bond acceptors (Lipinski definition) is 2. The molecule has 1 aliphatic heterocycles. The van der Waals surface area contributed by atoms with Gasteiger partial charge in [0.15, 0.2) is 0 Å². The molecule has 0 unspecified atom stereocenters. The van der Waals surface area contributed by atoms with E-state index in [1.54, 1.807) is 4.90 Å². The molecule has 0 atom stereocenters. The lowest BCUT2D eigenvalue weighted by Crippen LogP contribution is -2.14. The number of carbonyl (C=O) groups is 1. The van der Waals surface area contributed by atoms with Gasteiger partial charge in [-0.1, -0.05) is 12.1 Å². The zero-order valence-corrected chi connectivity index (χ0v) is 15.2. The van der Waals surface area contributed by atoms with Crippen molar-refractivity contribution in [2.75, 3.05) is 18.0 Å². The maximum absolute atomic E-state index is 11.5. The van der Waals surface area contributed by atoms with Crippen molar-refractivity contribution in [3.05, 3.63) is 58.7 Å². The van der Waals surface area contributed by atoms with E-state index >= 15 is 0 Å². The van der Waals surface area contributed by atoms with Gasteiger partial charge in [0, 0.05) is 11.4 Å². The van der Waals surface area contributed by atoms with Crippen molar-refractivity contribution in [1.82, 2.24) is 5.32 Å². The minimum Gasteiger partial charge on any atom is -0.317 e. The molecule has 0 radical (unpaired) electrons. The lowest BCUT2D eigenvalue weighted by molar-refractivity contribution is -0.106. The Morgan fingerprint density at radius 2 is 1.12 bits per heavy atom. The fourth-order valence-corrected chi connectivity index (χ4v) is 3.08. The molecule has 1 heterocycles. The van der Waals surface area contributed by atoms with Crippen LogP contribution in [0.1, 0.15) is 35.1 Å². The lowest BCUT2D eigenvalue weighted by Gasteiger charge is -2.20. The van der Waals surface area contributed by atoms with Crippen LogP contribution in [0.5, 0.6) is 0 Å². The first-order valence-electron chi connectivity index (χ1n) is 8.61. The molecule has 128 valence electrons. The summed E-state index contributed by atoms with van der Waals surface area (Å²) in [5, 5.41) is 3.22. The van der Waals surface area contributed by atoms with Gasteiger partial charge < -0.3 is 5.32 Å². The van der Waals surface area contributed by atoms with Crippen molar-refractivity contribution in [3.63, 3.8) is 0 Å². The summed E-state index contributed by atoms with van der Waals surface area (Å²) < 4.78 is 0. The van der Waals surface area contributed by atoms with Crippen LogP contribution in [0, 0.1) is 27.7 Å². The van der Waals surface area contributed by atoms with E-state index in [0.29, 0.717) is 0 Å². The van der Waals surface area contributed by atoms with Gasteiger partial charge in [-0.3, -0.25) is 9.69 Å². The van der Waals surface area contributed by atoms with Crippen LogP contribution in [-0.2, 0) is 4.79 Å². The second-order valence-electron chi connectivity index (χ2n) is 6.62.